The molecule has 10 nitrogen and oxygen atoms in total. The van der Waals surface area contributed by atoms with E-state index in [9.17, 15) is 27.9 Å². The highest BCUT2D eigenvalue weighted by Crippen LogP contribution is 2.53. The summed E-state index contributed by atoms with van der Waals surface area (Å²) in [5.41, 5.74) is -1.16. The lowest BCUT2D eigenvalue weighted by Crippen LogP contribution is -2.53. The summed E-state index contributed by atoms with van der Waals surface area (Å²) >= 11 is 0. The Labute approximate surface area is 240 Å². The molecule has 2 aromatic rings. The second kappa shape index (κ2) is 10.9. The van der Waals surface area contributed by atoms with Gasteiger partial charge in [-0.15, -0.1) is 6.58 Å². The number of carbonyl (C=O) groups is 3. The van der Waals surface area contributed by atoms with Crippen LogP contribution in [0.5, 0.6) is 0 Å². The van der Waals surface area contributed by atoms with E-state index in [0.717, 1.165) is 19.3 Å². The van der Waals surface area contributed by atoms with Crippen LogP contribution in [0.2, 0.25) is 0 Å². The molecule has 1 atom stereocenters. The first kappa shape index (κ1) is 28.7. The van der Waals surface area contributed by atoms with Crippen LogP contribution in [-0.4, -0.2) is 92.0 Å². The van der Waals surface area contributed by atoms with Gasteiger partial charge in [-0.25, -0.2) is 8.42 Å². The molecule has 41 heavy (non-hydrogen) atoms. The third-order valence-electron chi connectivity index (χ3n) is 7.97. The molecule has 1 unspecified atom stereocenters. The number of piperidine rings is 1. The molecule has 2 amide bonds. The van der Waals surface area contributed by atoms with E-state index >= 15 is 0 Å². The molecule has 2 saturated heterocycles. The number of Topliss-reactive ketones (excluding diaryl/α,β-unsaturated/α-hetero) is 1. The standard InChI is InChI=1S/C30H34N4O6S/c1-4-16-33-24-11-7-6-10-23(24)30(29(33)38)25(27(36)28(37)34(30)20-19-31(2)3)26(35)21-12-14-22(15-13-21)41(39,40)32-17-8-5-9-18-32/h4,6-7,10-15,35H,1,5,8-9,16-20H2,2-3H3. The number of likely N-dealkylation sites (N-methyl/N-ethyl adjacent to an activating group) is 1. The number of carbonyl (C=O) groups excluding carboxylic acids is 3. The van der Waals surface area contributed by atoms with Gasteiger partial charge in [0.15, 0.2) is 5.54 Å². The van der Waals surface area contributed by atoms with Gasteiger partial charge < -0.3 is 19.8 Å². The number of nitrogens with zero attached hydrogens (tertiary/aromatic N) is 4. The molecule has 2 fully saturated rings. The van der Waals surface area contributed by atoms with Gasteiger partial charge in [0.2, 0.25) is 10.0 Å². The van der Waals surface area contributed by atoms with Crippen molar-refractivity contribution < 1.29 is 27.9 Å². The predicted molar refractivity (Wildman–Crippen MR) is 155 cm³/mol. The van der Waals surface area contributed by atoms with Gasteiger partial charge in [-0.2, -0.15) is 4.31 Å². The molecule has 216 valence electrons. The summed E-state index contributed by atoms with van der Waals surface area (Å²) in [7, 11) is -0.0870. The highest BCUT2D eigenvalue weighted by atomic mass is 32.2. The molecule has 1 spiro atoms. The van der Waals surface area contributed by atoms with Crippen molar-refractivity contribution in [3.63, 3.8) is 0 Å². The Morgan fingerprint density at radius 3 is 2.32 bits per heavy atom. The van der Waals surface area contributed by atoms with Gasteiger partial charge in [-0.1, -0.05) is 30.7 Å². The highest BCUT2D eigenvalue weighted by molar-refractivity contribution is 7.89. The molecule has 11 heteroatoms. The number of anilines is 1. The number of hydrogen-bond acceptors (Lipinski definition) is 7. The lowest BCUT2D eigenvalue weighted by atomic mass is 9.82. The molecular formula is C30H34N4O6S. The minimum Gasteiger partial charge on any atom is -0.507 e. The minimum absolute atomic E-state index is 0.0589. The van der Waals surface area contributed by atoms with E-state index < -0.39 is 38.9 Å². The van der Waals surface area contributed by atoms with Crippen LogP contribution in [0, 0.1) is 0 Å². The van der Waals surface area contributed by atoms with Crippen molar-refractivity contribution in [3.05, 3.63) is 77.9 Å². The molecule has 0 radical (unpaired) electrons. The number of aliphatic hydroxyl groups excluding tert-OH is 1. The summed E-state index contributed by atoms with van der Waals surface area (Å²) < 4.78 is 27.8. The number of aliphatic hydroxyl groups is 1. The van der Waals surface area contributed by atoms with Crippen LogP contribution in [0.4, 0.5) is 5.69 Å². The van der Waals surface area contributed by atoms with Crippen molar-refractivity contribution in [3.8, 4) is 0 Å². The number of likely N-dealkylation sites (tertiary alicyclic amines) is 1. The van der Waals surface area contributed by atoms with E-state index in [2.05, 4.69) is 6.58 Å². The van der Waals surface area contributed by atoms with Gasteiger partial charge in [-0.05, 0) is 57.3 Å². The zero-order chi connectivity index (χ0) is 29.5. The molecular weight excluding hydrogens is 544 g/mol. The average Bonchev–Trinajstić information content (AvgIpc) is 3.35. The summed E-state index contributed by atoms with van der Waals surface area (Å²) in [6.07, 6.45) is 4.13. The highest BCUT2D eigenvalue weighted by Gasteiger charge is 2.66. The Balaban J connectivity index is 1.67. The van der Waals surface area contributed by atoms with Crippen molar-refractivity contribution in [1.29, 1.82) is 0 Å². The van der Waals surface area contributed by atoms with E-state index in [1.165, 1.54) is 38.4 Å². The van der Waals surface area contributed by atoms with Gasteiger partial charge >= 0.3 is 0 Å². The van der Waals surface area contributed by atoms with Gasteiger partial charge in [0, 0.05) is 43.9 Å². The maximum absolute atomic E-state index is 14.3. The quantitative estimate of drug-likeness (QED) is 0.221. The van der Waals surface area contributed by atoms with Gasteiger partial charge in [-0.3, -0.25) is 14.4 Å². The molecule has 2 aromatic carbocycles. The second-order valence-corrected chi connectivity index (χ2v) is 12.7. The third kappa shape index (κ3) is 4.48. The number of rotatable bonds is 8. The topological polar surface area (TPSA) is 119 Å². The zero-order valence-corrected chi connectivity index (χ0v) is 24.1. The molecule has 0 aliphatic carbocycles. The van der Waals surface area contributed by atoms with Crippen LogP contribution in [0.1, 0.15) is 30.4 Å². The summed E-state index contributed by atoms with van der Waals surface area (Å²) in [5, 5.41) is 11.6. The SMILES string of the molecule is C=CCN1C(=O)C2(C(=C(O)c3ccc(S(=O)(=O)N4CCCCC4)cc3)C(=O)C(=O)N2CCN(C)C)c2ccccc21. The Morgan fingerprint density at radius 1 is 1.02 bits per heavy atom. The Kier molecular flexibility index (Phi) is 7.62. The number of ketones is 1. The van der Waals surface area contributed by atoms with E-state index in [-0.39, 0.29) is 29.1 Å². The van der Waals surface area contributed by atoms with E-state index in [1.807, 2.05) is 19.0 Å². The number of amides is 2. The van der Waals surface area contributed by atoms with Crippen molar-refractivity contribution in [2.45, 2.75) is 29.7 Å². The van der Waals surface area contributed by atoms with Crippen molar-refractivity contribution in [1.82, 2.24) is 14.1 Å². The Morgan fingerprint density at radius 2 is 1.68 bits per heavy atom. The molecule has 3 heterocycles. The molecule has 1 N–H and O–H groups in total. The third-order valence-corrected chi connectivity index (χ3v) is 9.89. The summed E-state index contributed by atoms with van der Waals surface area (Å²) in [4.78, 5) is 46.1. The van der Waals surface area contributed by atoms with Crippen LogP contribution >= 0.6 is 0 Å². The van der Waals surface area contributed by atoms with Crippen LogP contribution in [0.25, 0.3) is 5.76 Å². The molecule has 5 rings (SSSR count). The van der Waals surface area contributed by atoms with Crippen molar-refractivity contribution in [2.24, 2.45) is 0 Å². The lowest BCUT2D eigenvalue weighted by Gasteiger charge is -2.35. The number of hydrogen-bond donors (Lipinski definition) is 1. The van der Waals surface area contributed by atoms with Crippen molar-refractivity contribution >= 4 is 39.1 Å². The molecule has 3 aliphatic rings. The van der Waals surface area contributed by atoms with Crippen LogP contribution in [-0.2, 0) is 29.9 Å². The fourth-order valence-corrected chi connectivity index (χ4v) is 7.48. The number of benzene rings is 2. The molecule has 0 saturated carbocycles. The van der Waals surface area contributed by atoms with E-state index in [1.54, 1.807) is 30.3 Å². The van der Waals surface area contributed by atoms with Gasteiger partial charge in [0.25, 0.3) is 17.6 Å². The summed E-state index contributed by atoms with van der Waals surface area (Å²) in [6, 6.07) is 12.5. The lowest BCUT2D eigenvalue weighted by molar-refractivity contribution is -0.143. The van der Waals surface area contributed by atoms with E-state index in [0.29, 0.717) is 30.9 Å². The maximum atomic E-state index is 14.3. The van der Waals surface area contributed by atoms with Gasteiger partial charge in [0.1, 0.15) is 5.76 Å². The largest absolute Gasteiger partial charge is 0.507 e. The van der Waals surface area contributed by atoms with Crippen molar-refractivity contribution in [2.75, 3.05) is 51.7 Å². The maximum Gasteiger partial charge on any atom is 0.296 e. The normalized spacial score (nSPS) is 22.7. The predicted octanol–water partition coefficient (Wildman–Crippen LogP) is 2.53. The van der Waals surface area contributed by atoms with Gasteiger partial charge in [0.05, 0.1) is 16.2 Å². The van der Waals surface area contributed by atoms with Crippen LogP contribution < -0.4 is 4.90 Å². The van der Waals surface area contributed by atoms with Crippen LogP contribution in [0.15, 0.2) is 71.7 Å². The molecule has 0 bridgehead atoms. The zero-order valence-electron chi connectivity index (χ0n) is 23.2. The first-order valence-electron chi connectivity index (χ1n) is 13.6. The number of para-hydroxylation sites is 1. The monoisotopic (exact) mass is 578 g/mol. The Hall–Kier alpha value is -3.80. The Bertz CT molecular complexity index is 1540. The van der Waals surface area contributed by atoms with Crippen LogP contribution in [0.3, 0.4) is 0 Å². The number of fused-ring (bicyclic) bond motifs is 2. The first-order chi connectivity index (χ1) is 19.6. The summed E-state index contributed by atoms with van der Waals surface area (Å²) in [5.74, 6) is -2.94. The minimum atomic E-state index is -3.72. The fraction of sp³-hybridized carbons (Fsp3) is 0.367. The number of sulfonamides is 1. The second-order valence-electron chi connectivity index (χ2n) is 10.7. The average molecular weight is 579 g/mol. The fourth-order valence-electron chi connectivity index (χ4n) is 5.96. The molecule has 0 aromatic heterocycles. The summed E-state index contributed by atoms with van der Waals surface area (Å²) in [6.45, 7) is 5.22. The first-order valence-corrected chi connectivity index (χ1v) is 15.1. The molecule has 3 aliphatic heterocycles. The smallest absolute Gasteiger partial charge is 0.296 e. The van der Waals surface area contributed by atoms with E-state index in [4.69, 9.17) is 0 Å².